The first kappa shape index (κ1) is 15.8. The summed E-state index contributed by atoms with van der Waals surface area (Å²) >= 11 is 0. The fourth-order valence-electron chi connectivity index (χ4n) is 1.82. The van der Waals surface area contributed by atoms with Crippen molar-refractivity contribution in [2.75, 3.05) is 19.7 Å². The molecule has 0 heterocycles. The van der Waals surface area contributed by atoms with E-state index in [-0.39, 0.29) is 11.5 Å². The Morgan fingerprint density at radius 1 is 1.25 bits per heavy atom. The van der Waals surface area contributed by atoms with Gasteiger partial charge in [-0.15, -0.1) is 0 Å². The second kappa shape index (κ2) is 8.00. The van der Waals surface area contributed by atoms with Gasteiger partial charge in [0.05, 0.1) is 6.61 Å². The van der Waals surface area contributed by atoms with Crippen molar-refractivity contribution in [2.45, 2.75) is 20.8 Å². The molecule has 4 nitrogen and oxygen atoms in total. The topological polar surface area (TPSA) is 53.3 Å². The number of carbonyl (C=O) groups excluding carboxylic acids is 1. The number of likely N-dealkylation sites (N-methyl/N-ethyl adjacent to an activating group) is 1. The van der Waals surface area contributed by atoms with E-state index in [0.29, 0.717) is 19.7 Å². The zero-order valence-electron chi connectivity index (χ0n) is 12.2. The van der Waals surface area contributed by atoms with Gasteiger partial charge in [-0.25, -0.2) is 0 Å². The van der Waals surface area contributed by atoms with Crippen molar-refractivity contribution >= 4 is 12.0 Å². The van der Waals surface area contributed by atoms with Crippen LogP contribution >= 0.6 is 0 Å². The predicted octanol–water partition coefficient (Wildman–Crippen LogP) is 2.86. The fraction of sp³-hybridized carbons (Fsp3) is 0.375. The van der Waals surface area contributed by atoms with Crippen LogP contribution in [0.2, 0.25) is 0 Å². The summed E-state index contributed by atoms with van der Waals surface area (Å²) in [5, 5.41) is 9.15. The summed E-state index contributed by atoms with van der Waals surface area (Å²) in [6.45, 7) is 7.51. The lowest BCUT2D eigenvalue weighted by Gasteiger charge is -2.17. The van der Waals surface area contributed by atoms with Crippen LogP contribution in [-0.4, -0.2) is 30.5 Å². The van der Waals surface area contributed by atoms with Crippen molar-refractivity contribution in [1.29, 1.82) is 5.26 Å². The number of hydrogen-bond acceptors (Lipinski definition) is 3. The third kappa shape index (κ3) is 4.13. The molecule has 106 valence electrons. The standard InChI is InChI=1S/C16H20N2O2/c1-4-18(5-2)16(19)14(12-17)11-13-7-9-15(10-8-13)20-6-3/h7-11H,4-6H2,1-3H3. The van der Waals surface area contributed by atoms with Crippen LogP contribution in [0.3, 0.4) is 0 Å². The summed E-state index contributed by atoms with van der Waals surface area (Å²) in [4.78, 5) is 13.7. The Bertz CT molecular complexity index is 508. The van der Waals surface area contributed by atoms with Gasteiger partial charge in [-0.05, 0) is 44.5 Å². The van der Waals surface area contributed by atoms with Crippen LogP contribution in [0, 0.1) is 11.3 Å². The second-order valence-corrected chi connectivity index (χ2v) is 4.15. The molecular weight excluding hydrogens is 252 g/mol. The lowest BCUT2D eigenvalue weighted by molar-refractivity contribution is -0.126. The average Bonchev–Trinajstić information content (AvgIpc) is 2.48. The van der Waals surface area contributed by atoms with Gasteiger partial charge in [0.2, 0.25) is 0 Å². The summed E-state index contributed by atoms with van der Waals surface area (Å²) in [5.74, 6) is 0.546. The van der Waals surface area contributed by atoms with Crippen LogP contribution in [0.4, 0.5) is 0 Å². The maximum Gasteiger partial charge on any atom is 0.264 e. The predicted molar refractivity (Wildman–Crippen MR) is 79.1 cm³/mol. The molecule has 1 aromatic rings. The number of benzene rings is 1. The van der Waals surface area contributed by atoms with Gasteiger partial charge in [-0.2, -0.15) is 5.26 Å². The summed E-state index contributed by atoms with van der Waals surface area (Å²) in [7, 11) is 0. The maximum atomic E-state index is 12.1. The van der Waals surface area contributed by atoms with Crippen molar-refractivity contribution < 1.29 is 9.53 Å². The van der Waals surface area contributed by atoms with Crippen LogP contribution in [0.1, 0.15) is 26.3 Å². The van der Waals surface area contributed by atoms with Gasteiger partial charge in [0.1, 0.15) is 17.4 Å². The van der Waals surface area contributed by atoms with Crippen LogP contribution < -0.4 is 4.74 Å². The van der Waals surface area contributed by atoms with E-state index in [0.717, 1.165) is 11.3 Å². The molecule has 1 rings (SSSR count). The Morgan fingerprint density at radius 3 is 2.30 bits per heavy atom. The Morgan fingerprint density at radius 2 is 1.85 bits per heavy atom. The molecule has 1 aromatic carbocycles. The molecule has 0 aliphatic rings. The highest BCUT2D eigenvalue weighted by Gasteiger charge is 2.14. The summed E-state index contributed by atoms with van der Waals surface area (Å²) in [6.07, 6.45) is 1.61. The fourth-order valence-corrected chi connectivity index (χ4v) is 1.82. The SMILES string of the molecule is CCOc1ccc(C=C(C#N)C(=O)N(CC)CC)cc1. The molecule has 0 aliphatic heterocycles. The molecule has 0 saturated carbocycles. The highest BCUT2D eigenvalue weighted by Crippen LogP contribution is 2.15. The van der Waals surface area contributed by atoms with Gasteiger partial charge in [-0.3, -0.25) is 4.79 Å². The molecule has 0 N–H and O–H groups in total. The molecule has 0 aromatic heterocycles. The minimum atomic E-state index is -0.230. The second-order valence-electron chi connectivity index (χ2n) is 4.15. The summed E-state index contributed by atoms with van der Waals surface area (Å²) in [6, 6.07) is 9.29. The molecule has 0 bridgehead atoms. The average molecular weight is 272 g/mol. The van der Waals surface area contributed by atoms with E-state index in [1.807, 2.05) is 51.1 Å². The van der Waals surface area contributed by atoms with Gasteiger partial charge >= 0.3 is 0 Å². The summed E-state index contributed by atoms with van der Waals surface area (Å²) < 4.78 is 5.35. The van der Waals surface area contributed by atoms with Gasteiger partial charge in [0.25, 0.3) is 5.91 Å². The third-order valence-electron chi connectivity index (χ3n) is 2.90. The number of rotatable bonds is 6. The molecule has 0 saturated heterocycles. The first-order chi connectivity index (χ1) is 9.65. The van der Waals surface area contributed by atoms with Crippen LogP contribution in [0.25, 0.3) is 6.08 Å². The first-order valence-electron chi connectivity index (χ1n) is 6.80. The van der Waals surface area contributed by atoms with Crippen molar-refractivity contribution in [3.63, 3.8) is 0 Å². The lowest BCUT2D eigenvalue weighted by atomic mass is 10.1. The molecule has 0 fully saturated rings. The highest BCUT2D eigenvalue weighted by molar-refractivity contribution is 6.01. The van der Waals surface area contributed by atoms with Crippen LogP contribution in [0.15, 0.2) is 29.8 Å². The number of amides is 1. The number of carbonyl (C=O) groups is 1. The van der Waals surface area contributed by atoms with Gasteiger partial charge in [-0.1, -0.05) is 12.1 Å². The smallest absolute Gasteiger partial charge is 0.264 e. The minimum Gasteiger partial charge on any atom is -0.494 e. The third-order valence-corrected chi connectivity index (χ3v) is 2.90. The molecule has 0 radical (unpaired) electrons. The zero-order valence-corrected chi connectivity index (χ0v) is 12.2. The molecule has 0 unspecified atom stereocenters. The minimum absolute atomic E-state index is 0.151. The van der Waals surface area contributed by atoms with E-state index in [4.69, 9.17) is 10.00 Å². The van der Waals surface area contributed by atoms with Crippen molar-refractivity contribution in [3.05, 3.63) is 35.4 Å². The van der Waals surface area contributed by atoms with E-state index < -0.39 is 0 Å². The number of nitrogens with zero attached hydrogens (tertiary/aromatic N) is 2. The molecule has 4 heteroatoms. The Labute approximate surface area is 120 Å². The molecule has 1 amide bonds. The number of nitriles is 1. The Kier molecular flexibility index (Phi) is 6.31. The van der Waals surface area contributed by atoms with Gasteiger partial charge < -0.3 is 9.64 Å². The van der Waals surface area contributed by atoms with Crippen LogP contribution in [0.5, 0.6) is 5.75 Å². The first-order valence-corrected chi connectivity index (χ1v) is 6.80. The quantitative estimate of drug-likeness (QED) is 0.591. The molecule has 0 spiro atoms. The zero-order chi connectivity index (χ0) is 15.0. The Balaban J connectivity index is 2.94. The van der Waals surface area contributed by atoms with Crippen molar-refractivity contribution in [2.24, 2.45) is 0 Å². The van der Waals surface area contributed by atoms with E-state index >= 15 is 0 Å². The Hall–Kier alpha value is -2.28. The van der Waals surface area contributed by atoms with Gasteiger partial charge in [0.15, 0.2) is 0 Å². The lowest BCUT2D eigenvalue weighted by Crippen LogP contribution is -2.31. The van der Waals surface area contributed by atoms with Crippen molar-refractivity contribution in [1.82, 2.24) is 4.90 Å². The number of ether oxygens (including phenoxy) is 1. The highest BCUT2D eigenvalue weighted by atomic mass is 16.5. The number of hydrogen-bond donors (Lipinski definition) is 0. The molecular formula is C16H20N2O2. The molecule has 20 heavy (non-hydrogen) atoms. The van der Waals surface area contributed by atoms with Crippen LogP contribution in [-0.2, 0) is 4.79 Å². The normalized spacial score (nSPS) is 10.8. The monoisotopic (exact) mass is 272 g/mol. The van der Waals surface area contributed by atoms with E-state index in [9.17, 15) is 4.79 Å². The van der Waals surface area contributed by atoms with Crippen molar-refractivity contribution in [3.8, 4) is 11.8 Å². The summed E-state index contributed by atoms with van der Waals surface area (Å²) in [5.41, 5.74) is 0.961. The van der Waals surface area contributed by atoms with E-state index in [1.165, 1.54) is 0 Å². The van der Waals surface area contributed by atoms with E-state index in [2.05, 4.69) is 0 Å². The maximum absolute atomic E-state index is 12.1. The van der Waals surface area contributed by atoms with E-state index in [1.54, 1.807) is 11.0 Å². The molecule has 0 atom stereocenters. The van der Waals surface area contributed by atoms with Gasteiger partial charge in [0, 0.05) is 13.1 Å². The largest absolute Gasteiger partial charge is 0.494 e. The molecule has 0 aliphatic carbocycles.